The van der Waals surface area contributed by atoms with Crippen LogP contribution >= 0.6 is 0 Å². The van der Waals surface area contributed by atoms with Crippen LogP contribution in [0.4, 0.5) is 0 Å². The summed E-state index contributed by atoms with van der Waals surface area (Å²) >= 11 is 0. The zero-order valence-corrected chi connectivity index (χ0v) is 15.1. The van der Waals surface area contributed by atoms with Gasteiger partial charge in [-0.15, -0.1) is 0 Å². The Balaban J connectivity index is 2.67. The molecule has 2 unspecified atom stereocenters. The van der Waals surface area contributed by atoms with Gasteiger partial charge in [0.1, 0.15) is 6.04 Å². The number of amides is 1. The number of hydrogen-bond acceptors (Lipinski definition) is 4. The summed E-state index contributed by atoms with van der Waals surface area (Å²) in [5.74, 6) is 0.378. The molecule has 1 fully saturated rings. The number of rotatable bonds is 8. The third-order valence-electron chi connectivity index (χ3n) is 4.34. The summed E-state index contributed by atoms with van der Waals surface area (Å²) in [4.78, 5) is 14.2. The van der Waals surface area contributed by atoms with Crippen molar-refractivity contribution in [2.45, 2.75) is 58.5 Å². The minimum absolute atomic E-state index is 0.0544. The zero-order chi connectivity index (χ0) is 16.9. The fourth-order valence-corrected chi connectivity index (χ4v) is 4.48. The van der Waals surface area contributed by atoms with E-state index in [0.29, 0.717) is 31.8 Å². The van der Waals surface area contributed by atoms with Crippen LogP contribution in [-0.4, -0.2) is 61.5 Å². The first-order valence-electron chi connectivity index (χ1n) is 8.20. The van der Waals surface area contributed by atoms with Gasteiger partial charge in [0.2, 0.25) is 15.9 Å². The predicted molar refractivity (Wildman–Crippen MR) is 88.9 cm³/mol. The van der Waals surface area contributed by atoms with Crippen LogP contribution in [0.3, 0.4) is 0 Å². The summed E-state index contributed by atoms with van der Waals surface area (Å²) in [5.41, 5.74) is 6.01. The maximum atomic E-state index is 12.6. The highest BCUT2D eigenvalue weighted by Gasteiger charge is 2.39. The molecule has 0 aliphatic carbocycles. The molecule has 1 amide bonds. The van der Waals surface area contributed by atoms with Gasteiger partial charge in [0.25, 0.3) is 0 Å². The van der Waals surface area contributed by atoms with Gasteiger partial charge in [0, 0.05) is 26.2 Å². The van der Waals surface area contributed by atoms with Gasteiger partial charge in [-0.1, -0.05) is 20.8 Å². The number of hydrogen-bond donors (Lipinski definition) is 1. The molecule has 0 bridgehead atoms. The van der Waals surface area contributed by atoms with Crippen molar-refractivity contribution < 1.29 is 13.2 Å². The zero-order valence-electron chi connectivity index (χ0n) is 14.3. The molecule has 1 rings (SSSR count). The summed E-state index contributed by atoms with van der Waals surface area (Å²) in [6.07, 6.45) is 2.66. The molecule has 22 heavy (non-hydrogen) atoms. The van der Waals surface area contributed by atoms with Crippen LogP contribution < -0.4 is 5.73 Å². The van der Waals surface area contributed by atoms with Gasteiger partial charge in [0.15, 0.2) is 0 Å². The minimum atomic E-state index is -3.32. The standard InChI is InChI=1S/C15H31N3O3S/c1-5-11-22(20,21)18-9-6-7-14(18)15(19)17(4)10-8-13(16)12(2)3/h12-14H,5-11,16H2,1-4H3. The van der Waals surface area contributed by atoms with E-state index in [1.54, 1.807) is 11.9 Å². The number of sulfonamides is 1. The van der Waals surface area contributed by atoms with Gasteiger partial charge in [-0.05, 0) is 31.6 Å². The first-order chi connectivity index (χ1) is 10.2. The monoisotopic (exact) mass is 333 g/mol. The quantitative estimate of drug-likeness (QED) is 0.719. The number of nitrogens with zero attached hydrogens (tertiary/aromatic N) is 2. The average Bonchev–Trinajstić information content (AvgIpc) is 2.93. The second-order valence-electron chi connectivity index (χ2n) is 6.54. The highest BCUT2D eigenvalue weighted by atomic mass is 32.2. The van der Waals surface area contributed by atoms with E-state index in [9.17, 15) is 13.2 Å². The predicted octanol–water partition coefficient (Wildman–Crippen LogP) is 1.02. The van der Waals surface area contributed by atoms with Crippen molar-refractivity contribution in [1.29, 1.82) is 0 Å². The molecule has 2 atom stereocenters. The Hall–Kier alpha value is -0.660. The van der Waals surface area contributed by atoms with Crippen LogP contribution in [0.2, 0.25) is 0 Å². The Kier molecular flexibility index (Phi) is 7.28. The molecule has 0 radical (unpaired) electrons. The second-order valence-corrected chi connectivity index (χ2v) is 8.58. The molecule has 130 valence electrons. The van der Waals surface area contributed by atoms with Crippen LogP contribution in [0.5, 0.6) is 0 Å². The van der Waals surface area contributed by atoms with E-state index in [1.807, 2.05) is 6.92 Å². The van der Waals surface area contributed by atoms with Crippen LogP contribution in [0.1, 0.15) is 46.5 Å². The molecule has 0 aromatic rings. The highest BCUT2D eigenvalue weighted by molar-refractivity contribution is 7.89. The van der Waals surface area contributed by atoms with Gasteiger partial charge < -0.3 is 10.6 Å². The summed E-state index contributed by atoms with van der Waals surface area (Å²) in [6.45, 7) is 6.98. The van der Waals surface area contributed by atoms with E-state index >= 15 is 0 Å². The Morgan fingerprint density at radius 1 is 1.41 bits per heavy atom. The number of carbonyl (C=O) groups excluding carboxylic acids is 1. The molecule has 0 saturated carbocycles. The molecule has 6 nitrogen and oxygen atoms in total. The molecule has 1 aliphatic heterocycles. The molecular formula is C15H31N3O3S. The Bertz CT molecular complexity index is 465. The van der Waals surface area contributed by atoms with Crippen molar-refractivity contribution in [3.8, 4) is 0 Å². The first kappa shape index (κ1) is 19.4. The third kappa shape index (κ3) is 4.93. The van der Waals surface area contributed by atoms with Crippen molar-refractivity contribution >= 4 is 15.9 Å². The van der Waals surface area contributed by atoms with Crippen LogP contribution in [-0.2, 0) is 14.8 Å². The van der Waals surface area contributed by atoms with E-state index in [1.165, 1.54) is 4.31 Å². The largest absolute Gasteiger partial charge is 0.344 e. The number of carbonyl (C=O) groups is 1. The molecule has 0 aromatic carbocycles. The van der Waals surface area contributed by atoms with Crippen molar-refractivity contribution in [2.24, 2.45) is 11.7 Å². The lowest BCUT2D eigenvalue weighted by atomic mass is 10.0. The van der Waals surface area contributed by atoms with Crippen molar-refractivity contribution in [1.82, 2.24) is 9.21 Å². The lowest BCUT2D eigenvalue weighted by Gasteiger charge is -2.28. The molecule has 0 aromatic heterocycles. The highest BCUT2D eigenvalue weighted by Crippen LogP contribution is 2.23. The van der Waals surface area contributed by atoms with Crippen molar-refractivity contribution in [2.75, 3.05) is 25.9 Å². The fraction of sp³-hybridized carbons (Fsp3) is 0.933. The Labute approximate surface area is 135 Å². The van der Waals surface area contributed by atoms with E-state index in [2.05, 4.69) is 13.8 Å². The summed E-state index contributed by atoms with van der Waals surface area (Å²) in [5, 5.41) is 0. The number of likely N-dealkylation sites (N-methyl/N-ethyl adjacent to an activating group) is 1. The number of nitrogens with two attached hydrogens (primary N) is 1. The SMILES string of the molecule is CCCS(=O)(=O)N1CCCC1C(=O)N(C)CCC(N)C(C)C. The van der Waals surface area contributed by atoms with Crippen molar-refractivity contribution in [3.05, 3.63) is 0 Å². The van der Waals surface area contributed by atoms with Crippen LogP contribution in [0, 0.1) is 5.92 Å². The van der Waals surface area contributed by atoms with Gasteiger partial charge in [-0.2, -0.15) is 4.31 Å². The van der Waals surface area contributed by atoms with E-state index in [0.717, 1.165) is 12.8 Å². The smallest absolute Gasteiger partial charge is 0.240 e. The lowest BCUT2D eigenvalue weighted by molar-refractivity contribution is -0.133. The summed E-state index contributed by atoms with van der Waals surface area (Å²) in [6, 6.07) is -0.476. The summed E-state index contributed by atoms with van der Waals surface area (Å²) < 4.78 is 25.9. The van der Waals surface area contributed by atoms with Gasteiger partial charge in [0.05, 0.1) is 5.75 Å². The second kappa shape index (κ2) is 8.26. The maximum absolute atomic E-state index is 12.6. The Morgan fingerprint density at radius 2 is 2.05 bits per heavy atom. The van der Waals surface area contributed by atoms with E-state index < -0.39 is 16.1 Å². The molecule has 1 heterocycles. The molecule has 7 heteroatoms. The van der Waals surface area contributed by atoms with E-state index in [-0.39, 0.29) is 17.7 Å². The third-order valence-corrected chi connectivity index (χ3v) is 6.41. The molecule has 1 saturated heterocycles. The molecule has 2 N–H and O–H groups in total. The topological polar surface area (TPSA) is 83.7 Å². The van der Waals surface area contributed by atoms with Gasteiger partial charge in [-0.25, -0.2) is 8.42 Å². The molecular weight excluding hydrogens is 302 g/mol. The molecule has 1 aliphatic rings. The summed E-state index contributed by atoms with van der Waals surface area (Å²) in [7, 11) is -1.59. The van der Waals surface area contributed by atoms with Crippen LogP contribution in [0.25, 0.3) is 0 Å². The van der Waals surface area contributed by atoms with Gasteiger partial charge in [-0.3, -0.25) is 4.79 Å². The average molecular weight is 333 g/mol. The minimum Gasteiger partial charge on any atom is -0.344 e. The van der Waals surface area contributed by atoms with Gasteiger partial charge >= 0.3 is 0 Å². The maximum Gasteiger partial charge on any atom is 0.240 e. The normalized spacial score (nSPS) is 21.3. The lowest BCUT2D eigenvalue weighted by Crippen LogP contribution is -2.48. The van der Waals surface area contributed by atoms with Crippen molar-refractivity contribution in [3.63, 3.8) is 0 Å². The first-order valence-corrected chi connectivity index (χ1v) is 9.81. The Morgan fingerprint density at radius 3 is 2.59 bits per heavy atom. The molecule has 0 spiro atoms. The van der Waals surface area contributed by atoms with Crippen LogP contribution in [0.15, 0.2) is 0 Å². The fourth-order valence-electron chi connectivity index (χ4n) is 2.74. The van der Waals surface area contributed by atoms with E-state index in [4.69, 9.17) is 5.73 Å².